The summed E-state index contributed by atoms with van der Waals surface area (Å²) in [6.45, 7) is 0. The summed E-state index contributed by atoms with van der Waals surface area (Å²) in [5, 5.41) is 0. The molecule has 0 radical (unpaired) electrons. The predicted octanol–water partition coefficient (Wildman–Crippen LogP) is -9.81. The van der Waals surface area contributed by atoms with Crippen molar-refractivity contribution in [1.29, 1.82) is 0 Å². The molecule has 0 aromatic rings. The van der Waals surface area contributed by atoms with Crippen molar-refractivity contribution in [3.05, 3.63) is 0 Å². The van der Waals surface area contributed by atoms with Crippen LogP contribution in [0.5, 0.6) is 0 Å². The van der Waals surface area contributed by atoms with Gasteiger partial charge in [0.1, 0.15) is 0 Å². The molecule has 0 aromatic carbocycles. The Kier molecular flexibility index (Phi) is 274. The molecule has 0 heterocycles. The van der Waals surface area contributed by atoms with E-state index in [4.69, 9.17) is 0 Å². The molecule has 0 saturated carbocycles. The number of halogens is 3. The molecule has 5 heteroatoms. The minimum atomic E-state index is 0. The van der Waals surface area contributed by atoms with Gasteiger partial charge < -0.3 is 56.4 Å². The zero-order valence-corrected chi connectivity index (χ0v) is 10.7. The minimum absolute atomic E-state index is 0. The van der Waals surface area contributed by atoms with E-state index in [1.54, 1.807) is 0 Å². The fraction of sp³-hybridized carbons (Fsp3) is 0. The maximum absolute atomic E-state index is 0. The molecule has 0 saturated heterocycles. The van der Waals surface area contributed by atoms with Crippen LogP contribution in [0.2, 0.25) is 0 Å². The van der Waals surface area contributed by atoms with Crippen molar-refractivity contribution < 1.29 is 97.7 Å². The van der Waals surface area contributed by atoms with E-state index in [1.807, 2.05) is 0 Å². The SMILES string of the molecule is O.[Br-].[Br-].[Br-].[Pr+3]. The first-order valence-corrected chi connectivity index (χ1v) is 0. The van der Waals surface area contributed by atoms with Crippen LogP contribution in [0.4, 0.5) is 0 Å². The van der Waals surface area contributed by atoms with Crippen LogP contribution in [0.25, 0.3) is 0 Å². The molecule has 2 N–H and O–H groups in total. The van der Waals surface area contributed by atoms with Crippen molar-refractivity contribution in [3.8, 4) is 0 Å². The van der Waals surface area contributed by atoms with E-state index in [2.05, 4.69) is 0 Å². The Hall–Kier alpha value is 2.76. The van der Waals surface area contributed by atoms with E-state index >= 15 is 0 Å². The van der Waals surface area contributed by atoms with E-state index in [1.165, 1.54) is 0 Å². The molecule has 0 rings (SSSR count). The van der Waals surface area contributed by atoms with Gasteiger partial charge in [-0.3, -0.25) is 0 Å². The molecule has 0 aliphatic carbocycles. The number of hydrogen-bond acceptors (Lipinski definition) is 0. The van der Waals surface area contributed by atoms with Gasteiger partial charge in [0.15, 0.2) is 0 Å². The van der Waals surface area contributed by atoms with Crippen LogP contribution < -0.4 is 50.9 Å². The quantitative estimate of drug-likeness (QED) is 0.388. The van der Waals surface area contributed by atoms with Crippen LogP contribution in [-0.4, -0.2) is 5.48 Å². The normalized spacial score (nSPS) is 0. The second-order valence-corrected chi connectivity index (χ2v) is 0. The molecule has 0 unspecified atom stereocenters. The first-order valence-electron chi connectivity index (χ1n) is 0. The minimum Gasteiger partial charge on any atom is -1.00 e. The maximum atomic E-state index is 0. The number of rotatable bonds is 0. The maximum Gasteiger partial charge on any atom is 3.00 e. The van der Waals surface area contributed by atoms with E-state index < -0.39 is 0 Å². The van der Waals surface area contributed by atoms with Crippen molar-refractivity contribution in [2.45, 2.75) is 0 Å². The molecule has 0 fully saturated rings. The van der Waals surface area contributed by atoms with Gasteiger partial charge in [-0.1, -0.05) is 0 Å². The van der Waals surface area contributed by atoms with Gasteiger partial charge >= 0.3 is 41.3 Å². The summed E-state index contributed by atoms with van der Waals surface area (Å²) in [5.41, 5.74) is 0. The van der Waals surface area contributed by atoms with Crippen LogP contribution in [0.3, 0.4) is 0 Å². The molecule has 0 aliphatic rings. The van der Waals surface area contributed by atoms with Gasteiger partial charge in [0.25, 0.3) is 0 Å². The Balaban J connectivity index is 0. The molecule has 0 aliphatic heterocycles. The predicted molar refractivity (Wildman–Crippen MR) is 3.61 cm³/mol. The van der Waals surface area contributed by atoms with Crippen molar-refractivity contribution in [1.82, 2.24) is 0 Å². The first-order chi connectivity index (χ1) is 0. The van der Waals surface area contributed by atoms with E-state index in [0.29, 0.717) is 0 Å². The second kappa shape index (κ2) is 29.4. The summed E-state index contributed by atoms with van der Waals surface area (Å²) in [4.78, 5) is 0. The zero-order chi connectivity index (χ0) is 0. The van der Waals surface area contributed by atoms with E-state index in [9.17, 15) is 0 Å². The molecule has 0 amide bonds. The van der Waals surface area contributed by atoms with Crippen molar-refractivity contribution in [2.75, 3.05) is 0 Å². The van der Waals surface area contributed by atoms with Crippen molar-refractivity contribution in [2.24, 2.45) is 0 Å². The summed E-state index contributed by atoms with van der Waals surface area (Å²) < 4.78 is 0. The third kappa shape index (κ3) is 20.1. The van der Waals surface area contributed by atoms with Gasteiger partial charge in [0, 0.05) is 0 Å². The molecule has 0 aromatic heterocycles. The van der Waals surface area contributed by atoms with Gasteiger partial charge in [-0.2, -0.15) is 0 Å². The standard InChI is InChI=1S/3BrH.H2O.Pr/h3*1H;1H2;/q;;;;+3/p-3. The Bertz CT molecular complexity index is 6.85. The fourth-order valence-electron chi connectivity index (χ4n) is 0. The van der Waals surface area contributed by atoms with Gasteiger partial charge in [-0.05, 0) is 0 Å². The molecule has 0 spiro atoms. The Morgan fingerprint density at radius 3 is 0.600 bits per heavy atom. The summed E-state index contributed by atoms with van der Waals surface area (Å²) in [5.74, 6) is 0. The van der Waals surface area contributed by atoms with Gasteiger partial charge in [0.2, 0.25) is 0 Å². The smallest absolute Gasteiger partial charge is 1.00 e. The van der Waals surface area contributed by atoms with Crippen LogP contribution in [0.1, 0.15) is 0 Å². The molecule has 0 bridgehead atoms. The molecule has 0 atom stereocenters. The van der Waals surface area contributed by atoms with Gasteiger partial charge in [-0.15, -0.1) is 0 Å². The second-order valence-electron chi connectivity index (χ2n) is 0. The average Bonchev–Trinajstić information content (AvgIpc) is 0. The third-order valence-corrected chi connectivity index (χ3v) is 0. The number of hydrogen-bond donors (Lipinski definition) is 0. The Morgan fingerprint density at radius 1 is 0.600 bits per heavy atom. The molecule has 32 valence electrons. The first kappa shape index (κ1) is 46.5. The fourth-order valence-corrected chi connectivity index (χ4v) is 0. The Morgan fingerprint density at radius 2 is 0.600 bits per heavy atom. The molecular weight excluding hydrogens is 397 g/mol. The molecular formula is H2Br3OPr. The summed E-state index contributed by atoms with van der Waals surface area (Å²) >= 11 is 0. The van der Waals surface area contributed by atoms with Gasteiger partial charge in [0.05, 0.1) is 0 Å². The largest absolute Gasteiger partial charge is 3.00 e. The van der Waals surface area contributed by atoms with Crippen LogP contribution in [-0.2, 0) is 0 Å². The molecule has 5 heavy (non-hydrogen) atoms. The Labute approximate surface area is 95.8 Å². The molecule has 1 nitrogen and oxygen atoms in total. The third-order valence-electron chi connectivity index (χ3n) is 0. The summed E-state index contributed by atoms with van der Waals surface area (Å²) in [7, 11) is 0. The summed E-state index contributed by atoms with van der Waals surface area (Å²) in [6, 6.07) is 0. The topological polar surface area (TPSA) is 31.5 Å². The average molecular weight is 399 g/mol. The zero-order valence-electron chi connectivity index (χ0n) is 2.21. The van der Waals surface area contributed by atoms with Crippen molar-refractivity contribution in [3.63, 3.8) is 0 Å². The van der Waals surface area contributed by atoms with Crippen molar-refractivity contribution >= 4 is 0 Å². The van der Waals surface area contributed by atoms with E-state index in [0.717, 1.165) is 0 Å². The van der Waals surface area contributed by atoms with Gasteiger partial charge in [-0.25, -0.2) is 0 Å². The van der Waals surface area contributed by atoms with Crippen LogP contribution >= 0.6 is 0 Å². The summed E-state index contributed by atoms with van der Waals surface area (Å²) in [6.07, 6.45) is 0. The van der Waals surface area contributed by atoms with E-state index in [-0.39, 0.29) is 97.7 Å². The van der Waals surface area contributed by atoms with Crippen LogP contribution in [0.15, 0.2) is 0 Å². The monoisotopic (exact) mass is 396 g/mol. The van der Waals surface area contributed by atoms with Crippen LogP contribution in [0, 0.1) is 41.3 Å².